The number of amides is 1. The van der Waals surface area contributed by atoms with Gasteiger partial charge >= 0.3 is 0 Å². The first-order valence-corrected chi connectivity index (χ1v) is 8.00. The van der Waals surface area contributed by atoms with E-state index >= 15 is 0 Å². The highest BCUT2D eigenvalue weighted by Crippen LogP contribution is 2.19. The number of hydrogen-bond donors (Lipinski definition) is 1. The molecule has 1 heterocycles. The Bertz CT molecular complexity index is 544. The maximum atomic E-state index is 12.1. The number of carbonyl (C=O) groups excluding carboxylic acids is 1. The smallest absolute Gasteiger partial charge is 0.252 e. The van der Waals surface area contributed by atoms with Crippen molar-refractivity contribution in [3.8, 4) is 12.3 Å². The predicted octanol–water partition coefficient (Wildman–Crippen LogP) is 0.898. The van der Waals surface area contributed by atoms with Gasteiger partial charge in [0.05, 0.1) is 6.54 Å². The average molecular weight is 300 g/mol. The van der Waals surface area contributed by atoms with Crippen LogP contribution in [0.3, 0.4) is 0 Å². The number of rotatable bonds is 7. The molecule has 0 aliphatic carbocycles. The molecule has 1 amide bonds. The zero-order chi connectivity index (χ0) is 14.3. The molecule has 0 radical (unpaired) electrons. The molecule has 0 aliphatic rings. The van der Waals surface area contributed by atoms with Gasteiger partial charge in [-0.25, -0.2) is 12.7 Å². The molecular formula is C12H16N2O3S2. The molecule has 0 saturated carbocycles. The zero-order valence-corrected chi connectivity index (χ0v) is 12.3. The summed E-state index contributed by atoms with van der Waals surface area (Å²) in [6.45, 7) is 0.492. The zero-order valence-electron chi connectivity index (χ0n) is 10.6. The third-order valence-electron chi connectivity index (χ3n) is 2.42. The summed E-state index contributed by atoms with van der Waals surface area (Å²) in [6, 6.07) is 3.26. The molecule has 19 heavy (non-hydrogen) atoms. The number of nitrogens with one attached hydrogen (secondary N) is 1. The Morgan fingerprint density at radius 1 is 1.58 bits per heavy atom. The van der Waals surface area contributed by atoms with Gasteiger partial charge in [-0.2, -0.15) is 0 Å². The van der Waals surface area contributed by atoms with Gasteiger partial charge in [0.25, 0.3) is 10.0 Å². The fraction of sp³-hybridized carbons (Fsp3) is 0.417. The Morgan fingerprint density at radius 2 is 2.32 bits per heavy atom. The summed E-state index contributed by atoms with van der Waals surface area (Å²) < 4.78 is 25.7. The maximum Gasteiger partial charge on any atom is 0.252 e. The minimum absolute atomic E-state index is 0.167. The summed E-state index contributed by atoms with van der Waals surface area (Å²) in [7, 11) is -1.91. The van der Waals surface area contributed by atoms with Gasteiger partial charge in [0.1, 0.15) is 4.21 Å². The molecule has 0 fully saturated rings. The van der Waals surface area contributed by atoms with Crippen LogP contribution in [-0.2, 0) is 14.8 Å². The molecule has 7 heteroatoms. The highest BCUT2D eigenvalue weighted by atomic mass is 32.2. The van der Waals surface area contributed by atoms with Crippen LogP contribution in [0, 0.1) is 12.3 Å². The monoisotopic (exact) mass is 300 g/mol. The van der Waals surface area contributed by atoms with Gasteiger partial charge in [-0.1, -0.05) is 12.0 Å². The van der Waals surface area contributed by atoms with E-state index in [1.54, 1.807) is 17.5 Å². The van der Waals surface area contributed by atoms with Crippen molar-refractivity contribution in [2.75, 3.05) is 20.1 Å². The largest absolute Gasteiger partial charge is 0.345 e. The van der Waals surface area contributed by atoms with Crippen LogP contribution in [0.4, 0.5) is 0 Å². The summed E-state index contributed by atoms with van der Waals surface area (Å²) >= 11 is 1.18. The van der Waals surface area contributed by atoms with Crippen molar-refractivity contribution >= 4 is 27.3 Å². The van der Waals surface area contributed by atoms with Crippen LogP contribution in [0.2, 0.25) is 0 Å². The molecule has 1 N–H and O–H groups in total. The second-order valence-electron chi connectivity index (χ2n) is 3.84. The number of terminal acetylenes is 1. The molecule has 1 aromatic heterocycles. The summed E-state index contributed by atoms with van der Waals surface area (Å²) in [5.41, 5.74) is 0. The standard InChI is InChI=1S/C12H16N2O3S2/c1-3-8-13-11(15)6-4-9-14(2)19(16,17)12-7-5-10-18-12/h1,5,7,10H,4,6,8-9H2,2H3,(H,13,15). The average Bonchev–Trinajstić information content (AvgIpc) is 2.90. The molecule has 0 spiro atoms. The van der Waals surface area contributed by atoms with Crippen LogP contribution in [0.25, 0.3) is 0 Å². The van der Waals surface area contributed by atoms with Crippen LogP contribution in [-0.4, -0.2) is 38.8 Å². The van der Waals surface area contributed by atoms with Crippen LogP contribution in [0.5, 0.6) is 0 Å². The highest BCUT2D eigenvalue weighted by molar-refractivity contribution is 7.91. The Hall–Kier alpha value is -1.36. The van der Waals surface area contributed by atoms with Crippen molar-refractivity contribution in [2.24, 2.45) is 0 Å². The van der Waals surface area contributed by atoms with Gasteiger partial charge in [-0.05, 0) is 17.9 Å². The summed E-state index contributed by atoms with van der Waals surface area (Å²) in [4.78, 5) is 11.3. The number of nitrogens with zero attached hydrogens (tertiary/aromatic N) is 1. The maximum absolute atomic E-state index is 12.1. The van der Waals surface area contributed by atoms with Crippen molar-refractivity contribution in [1.82, 2.24) is 9.62 Å². The first kappa shape index (κ1) is 15.7. The lowest BCUT2D eigenvalue weighted by Gasteiger charge is -2.15. The van der Waals surface area contributed by atoms with Gasteiger partial charge in [-0.3, -0.25) is 4.79 Å². The van der Waals surface area contributed by atoms with E-state index in [0.717, 1.165) is 0 Å². The highest BCUT2D eigenvalue weighted by Gasteiger charge is 2.21. The van der Waals surface area contributed by atoms with E-state index < -0.39 is 10.0 Å². The van der Waals surface area contributed by atoms with Crippen LogP contribution in [0.15, 0.2) is 21.7 Å². The van der Waals surface area contributed by atoms with E-state index in [-0.39, 0.29) is 18.9 Å². The van der Waals surface area contributed by atoms with E-state index in [1.807, 2.05) is 0 Å². The minimum atomic E-state index is -3.42. The first-order chi connectivity index (χ1) is 8.98. The van der Waals surface area contributed by atoms with Crippen LogP contribution in [0.1, 0.15) is 12.8 Å². The van der Waals surface area contributed by atoms with Gasteiger partial charge < -0.3 is 5.32 Å². The lowest BCUT2D eigenvalue weighted by Crippen LogP contribution is -2.29. The topological polar surface area (TPSA) is 66.5 Å². The second-order valence-corrected chi connectivity index (χ2v) is 7.06. The normalized spacial score (nSPS) is 11.2. The van der Waals surface area contributed by atoms with Gasteiger partial charge in [-0.15, -0.1) is 17.8 Å². The van der Waals surface area contributed by atoms with Crippen molar-refractivity contribution in [3.05, 3.63) is 17.5 Å². The molecule has 1 rings (SSSR count). The predicted molar refractivity (Wildman–Crippen MR) is 75.2 cm³/mol. The molecule has 0 bridgehead atoms. The molecular weight excluding hydrogens is 284 g/mol. The number of sulfonamides is 1. The molecule has 0 unspecified atom stereocenters. The van der Waals surface area contributed by atoms with Crippen molar-refractivity contribution in [2.45, 2.75) is 17.1 Å². The molecule has 0 atom stereocenters. The van der Waals surface area contributed by atoms with Crippen molar-refractivity contribution in [3.63, 3.8) is 0 Å². The lowest BCUT2D eigenvalue weighted by atomic mass is 10.3. The lowest BCUT2D eigenvalue weighted by molar-refractivity contribution is -0.120. The molecule has 0 aliphatic heterocycles. The van der Waals surface area contributed by atoms with Crippen molar-refractivity contribution < 1.29 is 13.2 Å². The van der Waals surface area contributed by atoms with Crippen molar-refractivity contribution in [1.29, 1.82) is 0 Å². The van der Waals surface area contributed by atoms with Crippen LogP contribution >= 0.6 is 11.3 Å². The Kier molecular flexibility index (Phi) is 6.02. The molecule has 1 aromatic rings. The number of thiophene rings is 1. The van der Waals surface area contributed by atoms with Gasteiger partial charge in [0.2, 0.25) is 5.91 Å². The Balaban J connectivity index is 2.42. The summed E-state index contributed by atoms with van der Waals surface area (Å²) in [5.74, 6) is 2.14. The van der Waals surface area contributed by atoms with E-state index in [4.69, 9.17) is 6.42 Å². The Morgan fingerprint density at radius 3 is 2.89 bits per heavy atom. The molecule has 104 valence electrons. The summed E-state index contributed by atoms with van der Waals surface area (Å²) in [5, 5.41) is 4.25. The van der Waals surface area contributed by atoms with Crippen LogP contribution < -0.4 is 5.32 Å². The fourth-order valence-electron chi connectivity index (χ4n) is 1.38. The molecule has 0 saturated heterocycles. The van der Waals surface area contributed by atoms with E-state index in [9.17, 15) is 13.2 Å². The third kappa shape index (κ3) is 4.67. The van der Waals surface area contributed by atoms with Gasteiger partial charge in [0.15, 0.2) is 0 Å². The first-order valence-electron chi connectivity index (χ1n) is 5.68. The third-order valence-corrected chi connectivity index (χ3v) is 5.65. The van der Waals surface area contributed by atoms with Gasteiger partial charge in [0, 0.05) is 20.0 Å². The van der Waals surface area contributed by atoms with E-state index in [1.165, 1.54) is 22.7 Å². The van der Waals surface area contributed by atoms with E-state index in [0.29, 0.717) is 17.2 Å². The molecule has 0 aromatic carbocycles. The fourth-order valence-corrected chi connectivity index (χ4v) is 3.79. The minimum Gasteiger partial charge on any atom is -0.345 e. The SMILES string of the molecule is C#CCNC(=O)CCCN(C)S(=O)(=O)c1cccs1. The van der Waals surface area contributed by atoms with E-state index in [2.05, 4.69) is 11.2 Å². The quantitative estimate of drug-likeness (QED) is 0.761. The number of carbonyl (C=O) groups is 1. The second kappa shape index (κ2) is 7.28. The molecule has 5 nitrogen and oxygen atoms in total. The summed E-state index contributed by atoms with van der Waals surface area (Å²) in [6.07, 6.45) is 5.73. The Labute approximate surface area is 117 Å². The number of hydrogen-bond acceptors (Lipinski definition) is 4.